The van der Waals surface area contributed by atoms with Gasteiger partial charge in [-0.05, 0) is 35.5 Å². The first kappa shape index (κ1) is 18.0. The fraction of sp³-hybridized carbons (Fsp3) is 0.200. The molecule has 0 radical (unpaired) electrons. The Balaban J connectivity index is 2.22. The average molecular weight is 377 g/mol. The smallest absolute Gasteiger partial charge is 0.290 e. The van der Waals surface area contributed by atoms with Crippen LogP contribution in [-0.2, 0) is 6.54 Å². The normalized spacial score (nSPS) is 10.9. The van der Waals surface area contributed by atoms with E-state index in [1.54, 1.807) is 25.2 Å². The molecular weight excluding hydrogens is 365 g/mol. The lowest BCUT2D eigenvalue weighted by Gasteiger charge is -2.19. The number of pyridine rings is 1. The Labute approximate surface area is 146 Å². The molecule has 0 atom stereocenters. The third-order valence-corrected chi connectivity index (χ3v) is 4.57. The van der Waals surface area contributed by atoms with Crippen LogP contribution < -0.4 is 0 Å². The standard InChI is InChI=1S/C15H12Cl2F2N2OS/c1-21(8-9-4-2-6-11(16)12(9)17)14(22)10-5-3-7-20-13(10)23-15(18)19/h2-7,15H,8H2,1H3. The minimum atomic E-state index is -2.65. The fourth-order valence-corrected chi connectivity index (χ4v) is 2.89. The Morgan fingerprint density at radius 3 is 2.74 bits per heavy atom. The monoisotopic (exact) mass is 376 g/mol. The van der Waals surface area contributed by atoms with E-state index in [1.807, 2.05) is 0 Å². The van der Waals surface area contributed by atoms with E-state index in [1.165, 1.54) is 23.2 Å². The van der Waals surface area contributed by atoms with Gasteiger partial charge in [-0.15, -0.1) is 0 Å². The second-order valence-electron chi connectivity index (χ2n) is 4.61. The van der Waals surface area contributed by atoms with E-state index in [-0.39, 0.29) is 28.9 Å². The van der Waals surface area contributed by atoms with Crippen molar-refractivity contribution in [2.24, 2.45) is 0 Å². The third kappa shape index (κ3) is 4.56. The second kappa shape index (κ2) is 7.95. The molecule has 2 aromatic rings. The summed E-state index contributed by atoms with van der Waals surface area (Å²) in [4.78, 5) is 17.7. The summed E-state index contributed by atoms with van der Waals surface area (Å²) in [5.74, 6) is -3.07. The van der Waals surface area contributed by atoms with E-state index in [2.05, 4.69) is 4.98 Å². The molecule has 0 bridgehead atoms. The number of halogens is 4. The minimum Gasteiger partial charge on any atom is -0.337 e. The van der Waals surface area contributed by atoms with Crippen molar-refractivity contribution in [2.75, 3.05) is 7.05 Å². The van der Waals surface area contributed by atoms with Gasteiger partial charge in [-0.1, -0.05) is 35.3 Å². The maximum atomic E-state index is 12.6. The van der Waals surface area contributed by atoms with Gasteiger partial charge in [0.05, 0.1) is 15.6 Å². The lowest BCUT2D eigenvalue weighted by molar-refractivity contribution is 0.0781. The maximum Gasteiger partial charge on any atom is 0.290 e. The molecule has 0 spiro atoms. The molecule has 0 aliphatic rings. The largest absolute Gasteiger partial charge is 0.337 e. The first-order chi connectivity index (χ1) is 10.9. The third-order valence-electron chi connectivity index (χ3n) is 2.99. The number of benzene rings is 1. The van der Waals surface area contributed by atoms with E-state index in [4.69, 9.17) is 23.2 Å². The van der Waals surface area contributed by atoms with Gasteiger partial charge in [-0.25, -0.2) is 4.98 Å². The molecule has 23 heavy (non-hydrogen) atoms. The number of carbonyl (C=O) groups excluding carboxylic acids is 1. The summed E-state index contributed by atoms with van der Waals surface area (Å²) in [7, 11) is 1.56. The van der Waals surface area contributed by atoms with Gasteiger partial charge in [0.2, 0.25) is 0 Å². The molecule has 0 aliphatic carbocycles. The highest BCUT2D eigenvalue weighted by Crippen LogP contribution is 2.29. The second-order valence-corrected chi connectivity index (χ2v) is 6.37. The molecule has 1 amide bonds. The summed E-state index contributed by atoms with van der Waals surface area (Å²) in [6.45, 7) is 0.200. The van der Waals surface area contributed by atoms with Crippen LogP contribution in [0.5, 0.6) is 0 Å². The summed E-state index contributed by atoms with van der Waals surface area (Å²) in [6, 6.07) is 8.12. The lowest BCUT2D eigenvalue weighted by atomic mass is 10.2. The predicted molar refractivity (Wildman–Crippen MR) is 88.4 cm³/mol. The summed E-state index contributed by atoms with van der Waals surface area (Å²) >= 11 is 12.3. The summed E-state index contributed by atoms with van der Waals surface area (Å²) in [6.07, 6.45) is 1.37. The molecule has 1 aromatic carbocycles. The molecule has 0 fully saturated rings. The number of alkyl halides is 2. The van der Waals surface area contributed by atoms with E-state index in [0.29, 0.717) is 15.6 Å². The van der Waals surface area contributed by atoms with Gasteiger partial charge in [0.1, 0.15) is 5.03 Å². The van der Waals surface area contributed by atoms with Crippen molar-refractivity contribution < 1.29 is 13.6 Å². The Morgan fingerprint density at radius 1 is 1.30 bits per heavy atom. The first-order valence-electron chi connectivity index (χ1n) is 6.48. The van der Waals surface area contributed by atoms with Crippen molar-refractivity contribution in [2.45, 2.75) is 17.3 Å². The van der Waals surface area contributed by atoms with Crippen LogP contribution in [0.4, 0.5) is 8.78 Å². The number of carbonyl (C=O) groups is 1. The highest BCUT2D eigenvalue weighted by molar-refractivity contribution is 7.99. The van der Waals surface area contributed by atoms with Crippen LogP contribution >= 0.6 is 35.0 Å². The number of rotatable bonds is 5. The van der Waals surface area contributed by atoms with Crippen molar-refractivity contribution in [1.82, 2.24) is 9.88 Å². The van der Waals surface area contributed by atoms with E-state index in [0.717, 1.165) is 0 Å². The zero-order valence-corrected chi connectivity index (χ0v) is 14.3. The topological polar surface area (TPSA) is 33.2 Å². The van der Waals surface area contributed by atoms with Crippen molar-refractivity contribution in [3.63, 3.8) is 0 Å². The maximum absolute atomic E-state index is 12.6. The Hall–Kier alpha value is -1.37. The molecule has 3 nitrogen and oxygen atoms in total. The zero-order chi connectivity index (χ0) is 17.0. The molecule has 0 saturated carbocycles. The predicted octanol–water partition coefficient (Wildman–Crippen LogP) is 4.98. The minimum absolute atomic E-state index is 0.00320. The van der Waals surface area contributed by atoms with Gasteiger partial charge in [-0.3, -0.25) is 4.79 Å². The molecule has 0 N–H and O–H groups in total. The number of amides is 1. The molecule has 8 heteroatoms. The van der Waals surface area contributed by atoms with Crippen molar-refractivity contribution in [3.05, 3.63) is 57.7 Å². The number of hydrogen-bond acceptors (Lipinski definition) is 3. The van der Waals surface area contributed by atoms with Crippen molar-refractivity contribution in [3.8, 4) is 0 Å². The molecule has 0 unspecified atom stereocenters. The molecule has 2 rings (SSSR count). The molecule has 1 heterocycles. The van der Waals surface area contributed by atoms with Gasteiger partial charge >= 0.3 is 0 Å². The molecule has 1 aromatic heterocycles. The van der Waals surface area contributed by atoms with Gasteiger partial charge in [0.15, 0.2) is 0 Å². The number of aromatic nitrogens is 1. The SMILES string of the molecule is CN(Cc1cccc(Cl)c1Cl)C(=O)c1cccnc1SC(F)F. The number of hydrogen-bond donors (Lipinski definition) is 0. The summed E-state index contributed by atoms with van der Waals surface area (Å²) in [5.41, 5.74) is 0.792. The Bertz CT molecular complexity index is 716. The summed E-state index contributed by atoms with van der Waals surface area (Å²) in [5, 5.41) is 0.749. The average Bonchev–Trinajstić information content (AvgIpc) is 2.51. The Kier molecular flexibility index (Phi) is 6.21. The van der Waals surface area contributed by atoms with Crippen LogP contribution in [0, 0.1) is 0 Å². The first-order valence-corrected chi connectivity index (χ1v) is 8.12. The highest BCUT2D eigenvalue weighted by Gasteiger charge is 2.20. The fourth-order valence-electron chi connectivity index (χ4n) is 1.94. The van der Waals surface area contributed by atoms with Gasteiger partial charge in [-0.2, -0.15) is 8.78 Å². The summed E-state index contributed by atoms with van der Waals surface area (Å²) < 4.78 is 25.2. The van der Waals surface area contributed by atoms with Crippen molar-refractivity contribution in [1.29, 1.82) is 0 Å². The van der Waals surface area contributed by atoms with E-state index < -0.39 is 11.7 Å². The van der Waals surface area contributed by atoms with Crippen LogP contribution in [0.15, 0.2) is 41.6 Å². The number of thioether (sulfide) groups is 1. The number of nitrogens with zero attached hydrogens (tertiary/aromatic N) is 2. The molecule has 0 saturated heterocycles. The van der Waals surface area contributed by atoms with Crippen LogP contribution in [0.3, 0.4) is 0 Å². The van der Waals surface area contributed by atoms with Gasteiger partial charge in [0, 0.05) is 19.8 Å². The zero-order valence-electron chi connectivity index (χ0n) is 12.0. The van der Waals surface area contributed by atoms with E-state index in [9.17, 15) is 13.6 Å². The van der Waals surface area contributed by atoms with Gasteiger partial charge in [0.25, 0.3) is 11.7 Å². The quantitative estimate of drug-likeness (QED) is 0.690. The van der Waals surface area contributed by atoms with Crippen LogP contribution in [0.25, 0.3) is 0 Å². The van der Waals surface area contributed by atoms with E-state index >= 15 is 0 Å². The lowest BCUT2D eigenvalue weighted by Crippen LogP contribution is -2.27. The van der Waals surface area contributed by atoms with Gasteiger partial charge < -0.3 is 4.90 Å². The van der Waals surface area contributed by atoms with Crippen LogP contribution in [0.1, 0.15) is 15.9 Å². The highest BCUT2D eigenvalue weighted by atomic mass is 35.5. The molecule has 122 valence electrons. The van der Waals surface area contributed by atoms with Crippen LogP contribution in [0.2, 0.25) is 10.0 Å². The molecular formula is C15H12Cl2F2N2OS. The van der Waals surface area contributed by atoms with Crippen molar-refractivity contribution >= 4 is 40.9 Å². The molecule has 0 aliphatic heterocycles. The Morgan fingerprint density at radius 2 is 2.04 bits per heavy atom. The van der Waals surface area contributed by atoms with Crippen LogP contribution in [-0.4, -0.2) is 28.6 Å².